The molecular weight excluding hydrogens is 625 g/mol. The van der Waals surface area contributed by atoms with Crippen molar-refractivity contribution < 1.29 is 22.7 Å². The van der Waals surface area contributed by atoms with Gasteiger partial charge in [-0.05, 0) is 80.0 Å². The van der Waals surface area contributed by atoms with Gasteiger partial charge in [-0.2, -0.15) is 4.31 Å². The highest BCUT2D eigenvalue weighted by Crippen LogP contribution is 2.39. The number of nitrogens with zero attached hydrogens (tertiary/aromatic N) is 3. The van der Waals surface area contributed by atoms with Gasteiger partial charge in [0, 0.05) is 41.0 Å². The molecule has 1 N–H and O–H groups in total. The van der Waals surface area contributed by atoms with Gasteiger partial charge < -0.3 is 10.1 Å². The first-order valence-electron chi connectivity index (χ1n) is 11.6. The van der Waals surface area contributed by atoms with Crippen LogP contribution >= 0.6 is 50.8 Å². The molecule has 1 aliphatic rings. The number of likely N-dealkylation sites (tertiary alicyclic amines) is 1. The predicted molar refractivity (Wildman–Crippen MR) is 149 cm³/mol. The van der Waals surface area contributed by atoms with Gasteiger partial charge in [-0.15, -0.1) is 11.3 Å². The number of hydrogen-bond donors (Lipinski definition) is 1. The summed E-state index contributed by atoms with van der Waals surface area (Å²) in [6, 6.07) is 3.89. The van der Waals surface area contributed by atoms with Crippen molar-refractivity contribution in [3.63, 3.8) is 0 Å². The zero-order valence-corrected chi connectivity index (χ0v) is 24.8. The van der Waals surface area contributed by atoms with Crippen molar-refractivity contribution in [3.05, 3.63) is 67.2 Å². The van der Waals surface area contributed by atoms with E-state index in [0.29, 0.717) is 34.6 Å². The van der Waals surface area contributed by atoms with E-state index in [4.69, 9.17) is 16.3 Å². The van der Waals surface area contributed by atoms with E-state index in [0.717, 1.165) is 29.9 Å². The van der Waals surface area contributed by atoms with Crippen LogP contribution in [0.15, 0.2) is 38.5 Å². The van der Waals surface area contributed by atoms with Gasteiger partial charge in [-0.25, -0.2) is 22.9 Å². The molecule has 38 heavy (non-hydrogen) atoms. The SMILES string of the molecule is CC(C)(C)OC(=O)N(Sc1c(F)cc(NCc2c(Cl)ccc(F)c2CN2CCC2)c(Br)c1F)c1cscn1. The van der Waals surface area contributed by atoms with Crippen LogP contribution in [0.1, 0.15) is 38.3 Å². The quantitative estimate of drug-likeness (QED) is 0.196. The molecule has 0 atom stereocenters. The Balaban J connectivity index is 1.58. The standard InChI is InChI=1S/C25H25BrClF3N4O2S2/c1-25(2,3)36-24(35)34(20-12-37-13-32-20)38-23-18(29)9-19(21(26)22(23)30)31-10-14-15(11-33-7-4-8-33)17(28)6-5-16(14)27/h5-6,9,12-13,31H,4,7-8,10-11H2,1-3H3. The molecule has 1 fully saturated rings. The highest BCUT2D eigenvalue weighted by Gasteiger charge is 2.29. The summed E-state index contributed by atoms with van der Waals surface area (Å²) in [6.45, 7) is 7.27. The molecule has 1 saturated heterocycles. The lowest BCUT2D eigenvalue weighted by atomic mass is 10.0. The summed E-state index contributed by atoms with van der Waals surface area (Å²) in [5, 5.41) is 4.89. The number of benzene rings is 2. The minimum absolute atomic E-state index is 0.0482. The molecule has 3 aromatic rings. The number of nitrogens with one attached hydrogen (secondary N) is 1. The second kappa shape index (κ2) is 12.0. The van der Waals surface area contributed by atoms with E-state index in [2.05, 4.69) is 31.1 Å². The van der Waals surface area contributed by atoms with Gasteiger partial charge in [0.25, 0.3) is 0 Å². The molecule has 4 rings (SSSR count). The zero-order valence-electron chi connectivity index (χ0n) is 20.8. The fraction of sp³-hybridized carbons (Fsp3) is 0.360. The summed E-state index contributed by atoms with van der Waals surface area (Å²) in [7, 11) is 0. The van der Waals surface area contributed by atoms with Crippen LogP contribution in [0.25, 0.3) is 0 Å². The third-order valence-electron chi connectivity index (χ3n) is 5.59. The molecule has 0 aliphatic carbocycles. The second-order valence-corrected chi connectivity index (χ2v) is 12.4. The van der Waals surface area contributed by atoms with E-state index in [1.54, 1.807) is 26.2 Å². The van der Waals surface area contributed by atoms with Crippen molar-refractivity contribution in [1.82, 2.24) is 9.88 Å². The van der Waals surface area contributed by atoms with Crippen LogP contribution in [0.2, 0.25) is 5.02 Å². The fourth-order valence-electron chi connectivity index (χ4n) is 3.61. The molecule has 2 heterocycles. The van der Waals surface area contributed by atoms with E-state index in [-0.39, 0.29) is 28.3 Å². The Morgan fingerprint density at radius 1 is 1.26 bits per heavy atom. The molecule has 1 amide bonds. The maximum Gasteiger partial charge on any atom is 0.426 e. The predicted octanol–water partition coefficient (Wildman–Crippen LogP) is 8.24. The Kier molecular flexibility index (Phi) is 9.18. The van der Waals surface area contributed by atoms with E-state index in [1.165, 1.54) is 29.0 Å². The van der Waals surface area contributed by atoms with Crippen molar-refractivity contribution >= 4 is 68.4 Å². The molecule has 6 nitrogen and oxygen atoms in total. The monoisotopic (exact) mass is 648 g/mol. The van der Waals surface area contributed by atoms with E-state index in [1.807, 2.05) is 0 Å². The van der Waals surface area contributed by atoms with Crippen molar-refractivity contribution in [2.45, 2.75) is 50.8 Å². The van der Waals surface area contributed by atoms with Crippen LogP contribution in [0.5, 0.6) is 0 Å². The van der Waals surface area contributed by atoms with Crippen LogP contribution in [0.4, 0.5) is 29.5 Å². The zero-order chi connectivity index (χ0) is 27.6. The van der Waals surface area contributed by atoms with Crippen molar-refractivity contribution in [1.29, 1.82) is 0 Å². The highest BCUT2D eigenvalue weighted by atomic mass is 79.9. The molecule has 13 heteroatoms. The smallest absolute Gasteiger partial charge is 0.426 e. The second-order valence-electron chi connectivity index (χ2n) is 9.55. The van der Waals surface area contributed by atoms with Crippen LogP contribution < -0.4 is 9.62 Å². The summed E-state index contributed by atoms with van der Waals surface area (Å²) >= 11 is 11.3. The Bertz CT molecular complexity index is 1320. The lowest BCUT2D eigenvalue weighted by Gasteiger charge is -2.31. The van der Waals surface area contributed by atoms with Crippen LogP contribution in [0, 0.1) is 17.5 Å². The topological polar surface area (TPSA) is 57.7 Å². The summed E-state index contributed by atoms with van der Waals surface area (Å²) in [5.74, 6) is -2.03. The number of thiazole rings is 1. The maximum absolute atomic E-state index is 15.5. The van der Waals surface area contributed by atoms with Crippen molar-refractivity contribution in [2.24, 2.45) is 0 Å². The largest absolute Gasteiger partial charge is 0.443 e. The summed E-state index contributed by atoms with van der Waals surface area (Å²) < 4.78 is 51.7. The lowest BCUT2D eigenvalue weighted by Crippen LogP contribution is -2.37. The third-order valence-corrected chi connectivity index (χ3v) is 8.37. The minimum atomic E-state index is -0.924. The number of ether oxygens (including phenoxy) is 1. The summed E-state index contributed by atoms with van der Waals surface area (Å²) in [4.78, 5) is 18.6. The van der Waals surface area contributed by atoms with Gasteiger partial charge in [0.1, 0.15) is 22.1 Å². The number of rotatable bonds is 8. The first-order valence-corrected chi connectivity index (χ1v) is 14.5. The molecule has 0 unspecified atom stereocenters. The van der Waals surface area contributed by atoms with Crippen molar-refractivity contribution in [2.75, 3.05) is 22.7 Å². The third kappa shape index (κ3) is 6.77. The van der Waals surface area contributed by atoms with Crippen molar-refractivity contribution in [3.8, 4) is 0 Å². The average Bonchev–Trinajstić information content (AvgIpc) is 3.34. The molecule has 2 aromatic carbocycles. The van der Waals surface area contributed by atoms with Gasteiger partial charge in [0.2, 0.25) is 0 Å². The molecule has 0 radical (unpaired) electrons. The molecule has 1 aliphatic heterocycles. The minimum Gasteiger partial charge on any atom is -0.443 e. The normalized spacial score (nSPS) is 13.8. The number of halogens is 5. The molecular formula is C25H25BrClF3N4O2S2. The van der Waals surface area contributed by atoms with Gasteiger partial charge in [-0.1, -0.05) is 11.6 Å². The number of amides is 1. The molecule has 0 bridgehead atoms. The Labute approximate surface area is 240 Å². The summed E-state index contributed by atoms with van der Waals surface area (Å²) in [5.41, 5.74) is 1.74. The van der Waals surface area contributed by atoms with Gasteiger partial charge in [-0.3, -0.25) is 4.90 Å². The van der Waals surface area contributed by atoms with Gasteiger partial charge in [0.15, 0.2) is 11.6 Å². The number of anilines is 2. The molecule has 0 saturated carbocycles. The van der Waals surface area contributed by atoms with E-state index >= 15 is 8.78 Å². The Morgan fingerprint density at radius 3 is 2.61 bits per heavy atom. The number of carbonyl (C=O) groups is 1. The number of hydrogen-bond acceptors (Lipinski definition) is 7. The molecule has 204 valence electrons. The van der Waals surface area contributed by atoms with Gasteiger partial charge >= 0.3 is 6.09 Å². The first-order chi connectivity index (χ1) is 17.9. The molecule has 0 spiro atoms. The van der Waals surface area contributed by atoms with Crippen LogP contribution in [-0.2, 0) is 17.8 Å². The highest BCUT2D eigenvalue weighted by molar-refractivity contribution is 9.10. The van der Waals surface area contributed by atoms with Crippen LogP contribution in [-0.4, -0.2) is 34.7 Å². The Morgan fingerprint density at radius 2 is 2.00 bits per heavy atom. The van der Waals surface area contributed by atoms with Gasteiger partial charge in [0.05, 0.1) is 15.7 Å². The lowest BCUT2D eigenvalue weighted by molar-refractivity contribution is 0.0611. The first kappa shape index (κ1) is 29.0. The fourth-order valence-corrected chi connectivity index (χ4v) is 5.84. The van der Waals surface area contributed by atoms with Crippen LogP contribution in [0.3, 0.4) is 0 Å². The maximum atomic E-state index is 15.5. The Hall–Kier alpha value is -1.99. The number of carbonyl (C=O) groups excluding carboxylic acids is 1. The molecule has 1 aromatic heterocycles. The number of aromatic nitrogens is 1. The average molecular weight is 650 g/mol. The van der Waals surface area contributed by atoms with E-state index in [9.17, 15) is 9.18 Å². The summed E-state index contributed by atoms with van der Waals surface area (Å²) in [6.07, 6.45) is 0.236. The van der Waals surface area contributed by atoms with E-state index < -0.39 is 28.2 Å².